The molecule has 250 valence electrons. The Morgan fingerprint density at radius 2 is 1.88 bits per heavy atom. The molecule has 1 aliphatic rings. The Bertz CT molecular complexity index is 1880. The molecule has 0 spiro atoms. The highest BCUT2D eigenvalue weighted by Gasteiger charge is 2.32. The molecule has 1 heterocycles. The molecule has 48 heavy (non-hydrogen) atoms. The SMILES string of the molecule is CCOc1cc([C@H]2NC(=O)NC(C)=C2C(=O)OC)ccc1OC[C@@H](O)N/N=C/c1cc(Cl)cc(Br)c1OCc1cccc2ccccc12. The molecule has 13 heteroatoms. The van der Waals surface area contributed by atoms with E-state index in [0.717, 1.165) is 16.3 Å². The molecule has 11 nitrogen and oxygen atoms in total. The third-order valence-corrected chi connectivity index (χ3v) is 8.20. The number of ether oxygens (including phenoxy) is 4. The van der Waals surface area contributed by atoms with Crippen LogP contribution in [0.5, 0.6) is 17.2 Å². The van der Waals surface area contributed by atoms with Crippen LogP contribution in [-0.4, -0.2) is 49.9 Å². The van der Waals surface area contributed by atoms with Gasteiger partial charge in [0, 0.05) is 16.3 Å². The number of nitrogens with zero attached hydrogens (tertiary/aromatic N) is 1. The number of carbonyl (C=O) groups excluding carboxylic acids is 2. The highest BCUT2D eigenvalue weighted by molar-refractivity contribution is 9.10. The molecular weight excluding hydrogens is 704 g/mol. The number of methoxy groups -OCH3 is 1. The van der Waals surface area contributed by atoms with E-state index in [9.17, 15) is 14.7 Å². The van der Waals surface area contributed by atoms with Gasteiger partial charge in [0.15, 0.2) is 17.7 Å². The maximum absolute atomic E-state index is 12.5. The number of allylic oxidation sites excluding steroid dienone is 1. The second-order valence-electron chi connectivity index (χ2n) is 10.6. The van der Waals surface area contributed by atoms with Crippen molar-refractivity contribution in [1.29, 1.82) is 0 Å². The molecular formula is C35H34BrClN4O7. The number of esters is 1. The first-order valence-electron chi connectivity index (χ1n) is 15.0. The smallest absolute Gasteiger partial charge is 0.337 e. The van der Waals surface area contributed by atoms with Crippen molar-refractivity contribution in [1.82, 2.24) is 16.1 Å². The van der Waals surface area contributed by atoms with E-state index in [1.165, 1.54) is 13.3 Å². The van der Waals surface area contributed by atoms with Gasteiger partial charge in [0.05, 0.1) is 36.0 Å². The van der Waals surface area contributed by atoms with E-state index in [2.05, 4.69) is 55.3 Å². The van der Waals surface area contributed by atoms with Crippen molar-refractivity contribution >= 4 is 56.5 Å². The highest BCUT2D eigenvalue weighted by Crippen LogP contribution is 2.35. The van der Waals surface area contributed by atoms with Crippen LogP contribution in [0.25, 0.3) is 10.8 Å². The summed E-state index contributed by atoms with van der Waals surface area (Å²) in [6.07, 6.45) is 0.304. The van der Waals surface area contributed by atoms with E-state index in [4.69, 9.17) is 30.5 Å². The lowest BCUT2D eigenvalue weighted by Gasteiger charge is -2.28. The number of aliphatic hydroxyl groups is 1. The van der Waals surface area contributed by atoms with E-state index in [1.54, 1.807) is 37.3 Å². The van der Waals surface area contributed by atoms with Gasteiger partial charge in [0.1, 0.15) is 19.0 Å². The Hall–Kier alpha value is -4.78. The van der Waals surface area contributed by atoms with Crippen LogP contribution in [0.1, 0.15) is 36.6 Å². The van der Waals surface area contributed by atoms with E-state index in [1.807, 2.05) is 31.2 Å². The summed E-state index contributed by atoms with van der Waals surface area (Å²) in [5, 5.41) is 22.8. The fraction of sp³-hybridized carbons (Fsp3) is 0.229. The zero-order valence-corrected chi connectivity index (χ0v) is 28.7. The number of halogens is 2. The monoisotopic (exact) mass is 736 g/mol. The third kappa shape index (κ3) is 8.19. The van der Waals surface area contributed by atoms with Gasteiger partial charge in [-0.15, -0.1) is 0 Å². The summed E-state index contributed by atoms with van der Waals surface area (Å²) < 4.78 is 23.4. The summed E-state index contributed by atoms with van der Waals surface area (Å²) in [6.45, 7) is 3.89. The summed E-state index contributed by atoms with van der Waals surface area (Å²) >= 11 is 9.87. The van der Waals surface area contributed by atoms with Crippen LogP contribution in [0.15, 0.2) is 93.6 Å². The molecule has 0 radical (unpaired) electrons. The van der Waals surface area contributed by atoms with Crippen LogP contribution >= 0.6 is 27.5 Å². The van der Waals surface area contributed by atoms with Crippen LogP contribution in [0, 0.1) is 0 Å². The van der Waals surface area contributed by atoms with E-state index < -0.39 is 24.3 Å². The molecule has 5 rings (SSSR count). The first-order chi connectivity index (χ1) is 23.2. The molecule has 0 unspecified atom stereocenters. The van der Waals surface area contributed by atoms with E-state index >= 15 is 0 Å². The number of fused-ring (bicyclic) bond motifs is 1. The molecule has 0 saturated carbocycles. The summed E-state index contributed by atoms with van der Waals surface area (Å²) in [5.41, 5.74) is 5.49. The first-order valence-corrected chi connectivity index (χ1v) is 16.2. The van der Waals surface area contributed by atoms with E-state index in [0.29, 0.717) is 56.8 Å². The lowest BCUT2D eigenvalue weighted by Crippen LogP contribution is -2.45. The molecule has 2 amide bonds. The predicted octanol–water partition coefficient (Wildman–Crippen LogP) is 6.36. The minimum Gasteiger partial charge on any atom is -0.490 e. The molecule has 0 aliphatic carbocycles. The van der Waals surface area contributed by atoms with Crippen molar-refractivity contribution in [3.63, 3.8) is 0 Å². The number of amides is 2. The van der Waals surface area contributed by atoms with Gasteiger partial charge in [0.25, 0.3) is 0 Å². The van der Waals surface area contributed by atoms with E-state index in [-0.39, 0.29) is 12.2 Å². The van der Waals surface area contributed by atoms with Crippen LogP contribution in [0.4, 0.5) is 4.79 Å². The molecule has 2 atom stereocenters. The topological polar surface area (TPSA) is 140 Å². The maximum Gasteiger partial charge on any atom is 0.337 e. The Labute approximate surface area is 291 Å². The minimum absolute atomic E-state index is 0.184. The number of hydrogen-bond acceptors (Lipinski definition) is 9. The lowest BCUT2D eigenvalue weighted by molar-refractivity contribution is -0.136. The zero-order valence-electron chi connectivity index (χ0n) is 26.4. The quantitative estimate of drug-likeness (QED) is 0.0539. The fourth-order valence-corrected chi connectivity index (χ4v) is 6.16. The fourth-order valence-electron chi connectivity index (χ4n) is 5.21. The highest BCUT2D eigenvalue weighted by atomic mass is 79.9. The average molecular weight is 738 g/mol. The summed E-state index contributed by atoms with van der Waals surface area (Å²) in [4.78, 5) is 24.7. The number of urea groups is 1. The maximum atomic E-state index is 12.5. The molecule has 0 fully saturated rings. The summed E-state index contributed by atoms with van der Waals surface area (Å²) in [7, 11) is 1.27. The van der Waals surface area contributed by atoms with Crippen LogP contribution < -0.4 is 30.3 Å². The Morgan fingerprint density at radius 3 is 2.67 bits per heavy atom. The summed E-state index contributed by atoms with van der Waals surface area (Å²) in [6, 6.07) is 21.4. The van der Waals surface area contributed by atoms with Crippen molar-refractivity contribution in [2.45, 2.75) is 32.7 Å². The number of aliphatic hydroxyl groups excluding tert-OH is 1. The lowest BCUT2D eigenvalue weighted by atomic mass is 9.95. The molecule has 4 aromatic rings. The van der Waals surface area contributed by atoms with Crippen molar-refractivity contribution < 1.29 is 33.6 Å². The molecule has 4 N–H and O–H groups in total. The number of hydrazone groups is 1. The van der Waals surface area contributed by atoms with Crippen LogP contribution in [0.2, 0.25) is 5.02 Å². The number of rotatable bonds is 13. The van der Waals surface area contributed by atoms with Crippen LogP contribution in [-0.2, 0) is 16.1 Å². The first kappa shape index (κ1) is 34.6. The zero-order chi connectivity index (χ0) is 34.2. The minimum atomic E-state index is -1.20. The van der Waals surface area contributed by atoms with Gasteiger partial charge in [-0.1, -0.05) is 60.1 Å². The normalized spacial score (nSPS) is 15.1. The largest absolute Gasteiger partial charge is 0.490 e. The van der Waals surface area contributed by atoms with Crippen molar-refractivity contribution in [2.75, 3.05) is 20.3 Å². The summed E-state index contributed by atoms with van der Waals surface area (Å²) in [5.74, 6) is 0.660. The third-order valence-electron chi connectivity index (χ3n) is 7.39. The molecule has 1 aliphatic heterocycles. The van der Waals surface area contributed by atoms with Gasteiger partial charge in [-0.3, -0.25) is 5.43 Å². The van der Waals surface area contributed by atoms with Gasteiger partial charge < -0.3 is 34.7 Å². The Morgan fingerprint density at radius 1 is 1.08 bits per heavy atom. The average Bonchev–Trinajstić information content (AvgIpc) is 3.06. The van der Waals surface area contributed by atoms with Gasteiger partial charge >= 0.3 is 12.0 Å². The van der Waals surface area contributed by atoms with Gasteiger partial charge in [-0.25, -0.2) is 9.59 Å². The standard InChI is InChI=1S/C35H34BrClN4O7/c1-4-46-29-15-22(32-31(34(43)45-3)20(2)39-35(44)40-32)12-13-28(29)47-19-30(42)41-38-17-24-14-25(37)16-27(36)33(24)48-18-23-10-7-9-21-8-5-6-11-26(21)23/h5-17,30,32,41-42H,4,18-19H2,1-3H3,(H2,39,40,44)/b38-17+/t30-,32-/m1/s1. The molecule has 0 bridgehead atoms. The van der Waals surface area contributed by atoms with Gasteiger partial charge in [-0.05, 0) is 75.9 Å². The molecule has 0 saturated heterocycles. The Balaban J connectivity index is 1.25. The molecule has 0 aromatic heterocycles. The number of nitrogens with one attached hydrogen (secondary N) is 3. The molecule has 4 aromatic carbocycles. The van der Waals surface area contributed by atoms with Crippen molar-refractivity contribution in [3.8, 4) is 17.2 Å². The van der Waals surface area contributed by atoms with Gasteiger partial charge in [0.2, 0.25) is 0 Å². The van der Waals surface area contributed by atoms with Crippen LogP contribution in [0.3, 0.4) is 0 Å². The van der Waals surface area contributed by atoms with Crippen molar-refractivity contribution in [2.24, 2.45) is 5.10 Å². The second kappa shape index (κ2) is 15.9. The van der Waals surface area contributed by atoms with Gasteiger partial charge in [-0.2, -0.15) is 5.10 Å². The second-order valence-corrected chi connectivity index (χ2v) is 11.9. The number of hydrogen-bond donors (Lipinski definition) is 4. The van der Waals surface area contributed by atoms with Crippen molar-refractivity contribution in [3.05, 3.63) is 110 Å². The number of benzene rings is 4. The predicted molar refractivity (Wildman–Crippen MR) is 186 cm³/mol. The Kier molecular flexibility index (Phi) is 11.4. The number of carbonyl (C=O) groups is 2.